The smallest absolute Gasteiger partial charge is 0.0860 e. The molecule has 1 heterocycles. The van der Waals surface area contributed by atoms with E-state index in [1.54, 1.807) is 0 Å². The molecule has 0 amide bonds. The van der Waals surface area contributed by atoms with Crippen molar-refractivity contribution < 1.29 is 9.47 Å². The maximum Gasteiger partial charge on any atom is 0.0860 e. The summed E-state index contributed by atoms with van der Waals surface area (Å²) in [6.45, 7) is 8.96. The molecule has 0 bridgehead atoms. The third-order valence-electron chi connectivity index (χ3n) is 2.31. The summed E-state index contributed by atoms with van der Waals surface area (Å²) in [6.07, 6.45) is 0.347. The molecule has 66 valence electrons. The van der Waals surface area contributed by atoms with Gasteiger partial charge in [-0.25, -0.2) is 0 Å². The summed E-state index contributed by atoms with van der Waals surface area (Å²) >= 11 is 0. The Labute approximate surface area is 68.9 Å². The van der Waals surface area contributed by atoms with Crippen LogP contribution in [0.25, 0.3) is 0 Å². The molecule has 0 aromatic rings. The van der Waals surface area contributed by atoms with Gasteiger partial charge in [0.2, 0.25) is 0 Å². The molecule has 0 N–H and O–H groups in total. The van der Waals surface area contributed by atoms with Crippen molar-refractivity contribution in [2.24, 2.45) is 11.8 Å². The molecule has 0 aliphatic carbocycles. The van der Waals surface area contributed by atoms with Gasteiger partial charge in [-0.2, -0.15) is 0 Å². The second-order valence-corrected chi connectivity index (χ2v) is 3.44. The van der Waals surface area contributed by atoms with Gasteiger partial charge < -0.3 is 9.47 Å². The van der Waals surface area contributed by atoms with Gasteiger partial charge in [0, 0.05) is 12.5 Å². The third kappa shape index (κ3) is 2.17. The Bertz CT molecular complexity index is 112. The lowest BCUT2D eigenvalue weighted by atomic mass is 9.93. The van der Waals surface area contributed by atoms with Crippen molar-refractivity contribution in [2.75, 3.05) is 19.8 Å². The van der Waals surface area contributed by atoms with Gasteiger partial charge in [-0.1, -0.05) is 13.8 Å². The first kappa shape index (κ1) is 9.01. The molecule has 0 unspecified atom stereocenters. The molecule has 0 radical (unpaired) electrons. The average molecular weight is 158 g/mol. The van der Waals surface area contributed by atoms with Crippen molar-refractivity contribution in [3.05, 3.63) is 0 Å². The fourth-order valence-electron chi connectivity index (χ4n) is 1.56. The lowest BCUT2D eigenvalue weighted by Gasteiger charge is -2.20. The van der Waals surface area contributed by atoms with Gasteiger partial charge in [0.05, 0.1) is 19.3 Å². The van der Waals surface area contributed by atoms with Gasteiger partial charge in [-0.3, -0.25) is 0 Å². The maximum atomic E-state index is 5.55. The molecule has 2 atom stereocenters. The van der Waals surface area contributed by atoms with Gasteiger partial charge >= 0.3 is 0 Å². The van der Waals surface area contributed by atoms with Gasteiger partial charge in [-0.05, 0) is 12.8 Å². The fraction of sp³-hybridized carbons (Fsp3) is 1.00. The highest BCUT2D eigenvalue weighted by molar-refractivity contribution is 4.77. The molecule has 11 heavy (non-hydrogen) atoms. The summed E-state index contributed by atoms with van der Waals surface area (Å²) in [5, 5.41) is 0. The molecule has 1 aliphatic rings. The van der Waals surface area contributed by atoms with Gasteiger partial charge in [0.15, 0.2) is 0 Å². The van der Waals surface area contributed by atoms with Crippen LogP contribution in [0.15, 0.2) is 0 Å². The van der Waals surface area contributed by atoms with Crippen LogP contribution in [0.5, 0.6) is 0 Å². The molecule has 0 aromatic heterocycles. The van der Waals surface area contributed by atoms with Crippen molar-refractivity contribution in [2.45, 2.75) is 26.9 Å². The monoisotopic (exact) mass is 158 g/mol. The van der Waals surface area contributed by atoms with Crippen LogP contribution < -0.4 is 0 Å². The van der Waals surface area contributed by atoms with E-state index in [1.807, 2.05) is 6.92 Å². The van der Waals surface area contributed by atoms with E-state index >= 15 is 0 Å². The molecule has 1 rings (SSSR count). The summed E-state index contributed by atoms with van der Waals surface area (Å²) in [4.78, 5) is 0. The molecule has 1 saturated heterocycles. The summed E-state index contributed by atoms with van der Waals surface area (Å²) < 4.78 is 10.9. The molecular formula is C9H18O2. The minimum atomic E-state index is 0.347. The lowest BCUT2D eigenvalue weighted by molar-refractivity contribution is 0.0250. The summed E-state index contributed by atoms with van der Waals surface area (Å²) in [5.74, 6) is 1.28. The lowest BCUT2D eigenvalue weighted by Crippen LogP contribution is -2.26. The van der Waals surface area contributed by atoms with E-state index < -0.39 is 0 Å². The number of hydrogen-bond acceptors (Lipinski definition) is 2. The Kier molecular flexibility index (Phi) is 3.34. The van der Waals surface area contributed by atoms with E-state index in [-0.39, 0.29) is 0 Å². The predicted molar refractivity (Wildman–Crippen MR) is 44.6 cm³/mol. The minimum Gasteiger partial charge on any atom is -0.378 e. The second-order valence-electron chi connectivity index (χ2n) is 3.44. The van der Waals surface area contributed by atoms with Crippen molar-refractivity contribution in [3.63, 3.8) is 0 Å². The van der Waals surface area contributed by atoms with Crippen molar-refractivity contribution in [1.29, 1.82) is 0 Å². The van der Waals surface area contributed by atoms with Gasteiger partial charge in [0.25, 0.3) is 0 Å². The van der Waals surface area contributed by atoms with Crippen LogP contribution in [0, 0.1) is 11.8 Å². The molecule has 1 fully saturated rings. The molecule has 0 saturated carbocycles. The van der Waals surface area contributed by atoms with Crippen LogP contribution in [0.4, 0.5) is 0 Å². The highest BCUT2D eigenvalue weighted by Crippen LogP contribution is 2.24. The van der Waals surface area contributed by atoms with Crippen molar-refractivity contribution >= 4 is 0 Å². The van der Waals surface area contributed by atoms with Crippen LogP contribution in [-0.4, -0.2) is 25.9 Å². The second kappa shape index (κ2) is 4.07. The Morgan fingerprint density at radius 2 is 2.18 bits per heavy atom. The molecule has 2 heteroatoms. The van der Waals surface area contributed by atoms with E-state index in [0.29, 0.717) is 17.9 Å². The Morgan fingerprint density at radius 1 is 1.45 bits per heavy atom. The van der Waals surface area contributed by atoms with E-state index in [4.69, 9.17) is 9.47 Å². The summed E-state index contributed by atoms with van der Waals surface area (Å²) in [7, 11) is 0. The standard InChI is InChI=1S/C9H18O2/c1-4-11-9-6-10-5-8(9)7(2)3/h7-9H,4-6H2,1-3H3/t8-,9-/m0/s1. The minimum absolute atomic E-state index is 0.347. The highest BCUT2D eigenvalue weighted by Gasteiger charge is 2.30. The third-order valence-corrected chi connectivity index (χ3v) is 2.31. The zero-order valence-electron chi connectivity index (χ0n) is 7.67. The Hall–Kier alpha value is -0.0800. The molecular weight excluding hydrogens is 140 g/mol. The largest absolute Gasteiger partial charge is 0.378 e. The van der Waals surface area contributed by atoms with Gasteiger partial charge in [-0.15, -0.1) is 0 Å². The quantitative estimate of drug-likeness (QED) is 0.622. The van der Waals surface area contributed by atoms with Crippen molar-refractivity contribution in [3.8, 4) is 0 Å². The first-order valence-electron chi connectivity index (χ1n) is 4.45. The maximum absolute atomic E-state index is 5.55. The van der Waals surface area contributed by atoms with Crippen LogP contribution in [0.2, 0.25) is 0 Å². The molecule has 0 aromatic carbocycles. The molecule has 0 spiro atoms. The summed E-state index contributed by atoms with van der Waals surface area (Å²) in [6, 6.07) is 0. The van der Waals surface area contributed by atoms with Crippen LogP contribution in [-0.2, 0) is 9.47 Å². The first-order chi connectivity index (χ1) is 5.25. The topological polar surface area (TPSA) is 18.5 Å². The predicted octanol–water partition coefficient (Wildman–Crippen LogP) is 1.69. The normalized spacial score (nSPS) is 31.6. The molecule has 2 nitrogen and oxygen atoms in total. The van der Waals surface area contributed by atoms with Crippen LogP contribution >= 0.6 is 0 Å². The van der Waals surface area contributed by atoms with E-state index in [0.717, 1.165) is 19.8 Å². The molecule has 1 aliphatic heterocycles. The fourth-order valence-corrected chi connectivity index (χ4v) is 1.56. The SMILES string of the molecule is CCO[C@H]1COC[C@H]1C(C)C. The number of ether oxygens (including phenoxy) is 2. The Balaban J connectivity index is 2.37. The van der Waals surface area contributed by atoms with Crippen LogP contribution in [0.3, 0.4) is 0 Å². The van der Waals surface area contributed by atoms with Crippen molar-refractivity contribution in [1.82, 2.24) is 0 Å². The average Bonchev–Trinajstić information content (AvgIpc) is 2.36. The van der Waals surface area contributed by atoms with Crippen LogP contribution in [0.1, 0.15) is 20.8 Å². The van der Waals surface area contributed by atoms with E-state index in [9.17, 15) is 0 Å². The highest BCUT2D eigenvalue weighted by atomic mass is 16.5. The zero-order valence-corrected chi connectivity index (χ0v) is 7.67. The van der Waals surface area contributed by atoms with E-state index in [2.05, 4.69) is 13.8 Å². The first-order valence-corrected chi connectivity index (χ1v) is 4.45. The number of rotatable bonds is 3. The Morgan fingerprint density at radius 3 is 2.73 bits per heavy atom. The number of hydrogen-bond donors (Lipinski definition) is 0. The zero-order chi connectivity index (χ0) is 8.27. The van der Waals surface area contributed by atoms with E-state index in [1.165, 1.54) is 0 Å². The summed E-state index contributed by atoms with van der Waals surface area (Å²) in [5.41, 5.74) is 0. The van der Waals surface area contributed by atoms with Gasteiger partial charge in [0.1, 0.15) is 0 Å².